The summed E-state index contributed by atoms with van der Waals surface area (Å²) >= 11 is 0. The van der Waals surface area contributed by atoms with Crippen molar-refractivity contribution in [3.63, 3.8) is 0 Å². The van der Waals surface area contributed by atoms with E-state index in [2.05, 4.69) is 4.90 Å². The summed E-state index contributed by atoms with van der Waals surface area (Å²) in [6.07, 6.45) is 6.58. The highest BCUT2D eigenvalue weighted by molar-refractivity contribution is 6.15. The molecule has 0 N–H and O–H groups in total. The molecule has 0 bridgehead atoms. The number of hydrogen-bond donors (Lipinski definition) is 0. The van der Waals surface area contributed by atoms with Crippen LogP contribution in [0.15, 0.2) is 42.2 Å². The van der Waals surface area contributed by atoms with E-state index in [-0.39, 0.29) is 17.4 Å². The van der Waals surface area contributed by atoms with Crippen molar-refractivity contribution < 1.29 is 18.7 Å². The van der Waals surface area contributed by atoms with Crippen molar-refractivity contribution in [2.75, 3.05) is 6.73 Å². The highest BCUT2D eigenvalue weighted by Gasteiger charge is 2.35. The molecule has 1 fully saturated rings. The van der Waals surface area contributed by atoms with Crippen LogP contribution in [0.3, 0.4) is 0 Å². The highest BCUT2D eigenvalue weighted by atomic mass is 19.1. The summed E-state index contributed by atoms with van der Waals surface area (Å²) < 4.78 is 25.0. The Hall–Kier alpha value is -2.66. The van der Waals surface area contributed by atoms with Crippen LogP contribution in [0.1, 0.15) is 47.2 Å². The fourth-order valence-corrected chi connectivity index (χ4v) is 4.19. The summed E-state index contributed by atoms with van der Waals surface area (Å²) in [7, 11) is 0. The summed E-state index contributed by atoms with van der Waals surface area (Å²) in [5, 5.41) is 0. The lowest BCUT2D eigenvalue weighted by atomic mass is 10.0. The SMILES string of the molecule is O=C1/C(=C/c2ccc(F)cc2)Oc2c1ccc1c2CN(C2CCCC2)CO1. The van der Waals surface area contributed by atoms with E-state index in [0.29, 0.717) is 24.1 Å². The first kappa shape index (κ1) is 16.5. The summed E-state index contributed by atoms with van der Waals surface area (Å²) in [6.45, 7) is 1.32. The maximum absolute atomic E-state index is 13.1. The second kappa shape index (κ2) is 6.50. The zero-order valence-electron chi connectivity index (χ0n) is 14.9. The van der Waals surface area contributed by atoms with Crippen LogP contribution in [0.25, 0.3) is 6.08 Å². The van der Waals surface area contributed by atoms with Crippen LogP contribution in [-0.2, 0) is 6.54 Å². The van der Waals surface area contributed by atoms with Crippen LogP contribution in [0, 0.1) is 5.82 Å². The maximum Gasteiger partial charge on any atom is 0.231 e. The summed E-state index contributed by atoms with van der Waals surface area (Å²) in [4.78, 5) is 15.1. The van der Waals surface area contributed by atoms with E-state index in [1.165, 1.54) is 37.8 Å². The van der Waals surface area contributed by atoms with Gasteiger partial charge in [-0.25, -0.2) is 4.39 Å². The van der Waals surface area contributed by atoms with Crippen LogP contribution in [0.2, 0.25) is 0 Å². The molecular weight excluding hydrogens is 345 g/mol. The number of nitrogens with zero attached hydrogens (tertiary/aromatic N) is 1. The largest absolute Gasteiger partial charge is 0.478 e. The van der Waals surface area contributed by atoms with Crippen LogP contribution in [0.5, 0.6) is 11.5 Å². The lowest BCUT2D eigenvalue weighted by molar-refractivity contribution is 0.0567. The summed E-state index contributed by atoms with van der Waals surface area (Å²) in [5.41, 5.74) is 2.24. The Morgan fingerprint density at radius 2 is 1.85 bits per heavy atom. The first-order valence-electron chi connectivity index (χ1n) is 9.41. The van der Waals surface area contributed by atoms with E-state index in [4.69, 9.17) is 9.47 Å². The van der Waals surface area contributed by atoms with Gasteiger partial charge in [0, 0.05) is 12.6 Å². The van der Waals surface area contributed by atoms with Crippen molar-refractivity contribution in [1.82, 2.24) is 4.90 Å². The van der Waals surface area contributed by atoms with Crippen molar-refractivity contribution in [1.29, 1.82) is 0 Å². The Balaban J connectivity index is 1.46. The van der Waals surface area contributed by atoms with Gasteiger partial charge in [-0.3, -0.25) is 9.69 Å². The quantitative estimate of drug-likeness (QED) is 0.733. The number of Topliss-reactive ketones (excluding diaryl/α,β-unsaturated/α-hetero) is 1. The molecule has 27 heavy (non-hydrogen) atoms. The monoisotopic (exact) mass is 365 g/mol. The van der Waals surface area contributed by atoms with Crippen LogP contribution < -0.4 is 9.47 Å². The molecule has 2 heterocycles. The molecule has 2 aliphatic heterocycles. The molecule has 5 rings (SSSR count). The third-order valence-corrected chi connectivity index (χ3v) is 5.65. The molecule has 0 saturated heterocycles. The number of hydrogen-bond acceptors (Lipinski definition) is 4. The molecule has 0 radical (unpaired) electrons. The molecule has 138 valence electrons. The normalized spacial score (nSPS) is 21.1. The Kier molecular flexibility index (Phi) is 3.97. The molecule has 5 heteroatoms. The van der Waals surface area contributed by atoms with Gasteiger partial charge in [0.15, 0.2) is 5.76 Å². The first-order valence-corrected chi connectivity index (χ1v) is 9.41. The van der Waals surface area contributed by atoms with E-state index in [0.717, 1.165) is 23.4 Å². The molecule has 1 aliphatic carbocycles. The van der Waals surface area contributed by atoms with Crippen molar-refractivity contribution in [2.45, 2.75) is 38.3 Å². The predicted molar refractivity (Wildman–Crippen MR) is 99.1 cm³/mol. The Bertz CT molecular complexity index is 929. The topological polar surface area (TPSA) is 38.8 Å². The third-order valence-electron chi connectivity index (χ3n) is 5.65. The minimum Gasteiger partial charge on any atom is -0.478 e. The molecule has 0 aromatic heterocycles. The summed E-state index contributed by atoms with van der Waals surface area (Å²) in [6, 6.07) is 10.2. The van der Waals surface area contributed by atoms with Gasteiger partial charge in [0.2, 0.25) is 5.78 Å². The Morgan fingerprint density at radius 1 is 1.07 bits per heavy atom. The lowest BCUT2D eigenvalue weighted by Crippen LogP contribution is -2.39. The van der Waals surface area contributed by atoms with Gasteiger partial charge >= 0.3 is 0 Å². The van der Waals surface area contributed by atoms with Gasteiger partial charge in [0.25, 0.3) is 0 Å². The number of ketones is 1. The van der Waals surface area contributed by atoms with E-state index < -0.39 is 0 Å². The van der Waals surface area contributed by atoms with Crippen molar-refractivity contribution in [3.05, 3.63) is 64.7 Å². The number of halogens is 1. The highest BCUT2D eigenvalue weighted by Crippen LogP contribution is 2.43. The molecule has 4 nitrogen and oxygen atoms in total. The molecule has 0 amide bonds. The number of carbonyl (C=O) groups is 1. The second-order valence-corrected chi connectivity index (χ2v) is 7.37. The van der Waals surface area contributed by atoms with Crippen molar-refractivity contribution >= 4 is 11.9 Å². The number of benzene rings is 2. The molecular formula is C22H20FNO3. The zero-order chi connectivity index (χ0) is 18.4. The van der Waals surface area contributed by atoms with Gasteiger partial charge in [-0.15, -0.1) is 0 Å². The molecule has 2 aromatic carbocycles. The van der Waals surface area contributed by atoms with E-state index in [1.807, 2.05) is 6.07 Å². The fourth-order valence-electron chi connectivity index (χ4n) is 4.19. The number of rotatable bonds is 2. The van der Waals surface area contributed by atoms with E-state index in [9.17, 15) is 9.18 Å². The molecule has 0 spiro atoms. The van der Waals surface area contributed by atoms with E-state index in [1.54, 1.807) is 24.3 Å². The van der Waals surface area contributed by atoms with Crippen LogP contribution in [0.4, 0.5) is 4.39 Å². The molecule has 3 aliphatic rings. The van der Waals surface area contributed by atoms with Gasteiger partial charge in [-0.1, -0.05) is 25.0 Å². The van der Waals surface area contributed by atoms with Gasteiger partial charge in [0.1, 0.15) is 24.0 Å². The van der Waals surface area contributed by atoms with Gasteiger partial charge < -0.3 is 9.47 Å². The molecule has 0 unspecified atom stereocenters. The minimum atomic E-state index is -0.308. The van der Waals surface area contributed by atoms with Gasteiger partial charge in [-0.2, -0.15) is 0 Å². The average Bonchev–Trinajstić information content (AvgIpc) is 3.33. The number of carbonyl (C=O) groups excluding carboxylic acids is 1. The Morgan fingerprint density at radius 3 is 2.63 bits per heavy atom. The van der Waals surface area contributed by atoms with Crippen LogP contribution in [-0.4, -0.2) is 23.5 Å². The smallest absolute Gasteiger partial charge is 0.231 e. The molecule has 1 saturated carbocycles. The Labute approximate surface area is 157 Å². The number of fused-ring (bicyclic) bond motifs is 3. The molecule has 0 atom stereocenters. The number of allylic oxidation sites excluding steroid dienone is 1. The minimum absolute atomic E-state index is 0.143. The average molecular weight is 365 g/mol. The van der Waals surface area contributed by atoms with Crippen molar-refractivity contribution in [3.8, 4) is 11.5 Å². The zero-order valence-corrected chi connectivity index (χ0v) is 14.9. The van der Waals surface area contributed by atoms with Gasteiger partial charge in [-0.05, 0) is 48.7 Å². The van der Waals surface area contributed by atoms with Crippen LogP contribution >= 0.6 is 0 Å². The van der Waals surface area contributed by atoms with E-state index >= 15 is 0 Å². The van der Waals surface area contributed by atoms with Gasteiger partial charge in [0.05, 0.1) is 11.1 Å². The first-order chi connectivity index (χ1) is 13.2. The predicted octanol–water partition coefficient (Wildman–Crippen LogP) is 4.54. The fraction of sp³-hybridized carbons (Fsp3) is 0.318. The second-order valence-electron chi connectivity index (χ2n) is 7.37. The maximum atomic E-state index is 13.1. The summed E-state index contributed by atoms with van der Waals surface area (Å²) in [5.74, 6) is 1.21. The van der Waals surface area contributed by atoms with Crippen molar-refractivity contribution in [2.24, 2.45) is 0 Å². The molecule has 2 aromatic rings. The lowest BCUT2D eigenvalue weighted by Gasteiger charge is -2.33. The standard InChI is InChI=1S/C22H20FNO3/c23-15-7-5-14(6-8-15)11-20-21(25)17-9-10-19-18(22(17)27-20)12-24(13-26-19)16-3-1-2-4-16/h5-11,16H,1-4,12-13H2/b20-11-. The number of ether oxygens (including phenoxy) is 2. The third kappa shape index (κ3) is 2.92.